The highest BCUT2D eigenvalue weighted by Gasteiger charge is 2.50. The van der Waals surface area contributed by atoms with E-state index in [4.69, 9.17) is 10.1 Å². The van der Waals surface area contributed by atoms with Crippen LogP contribution >= 0.6 is 0 Å². The van der Waals surface area contributed by atoms with Gasteiger partial charge in [-0.2, -0.15) is 0 Å². The SMILES string of the molecule is COC(=O)N1CCN(C(=O)c2cccc(CN3C(=N)NC(CC(C)C)(c4ccccc4)C3=O)c2)CC1. The van der Waals surface area contributed by atoms with Crippen LogP contribution in [0, 0.1) is 11.3 Å². The number of carbonyl (C=O) groups excluding carboxylic acids is 3. The second-order valence-electron chi connectivity index (χ2n) is 9.68. The minimum Gasteiger partial charge on any atom is -0.453 e. The maximum atomic E-state index is 13.8. The Balaban J connectivity index is 1.50. The lowest BCUT2D eigenvalue weighted by atomic mass is 9.82. The fraction of sp³-hybridized carbons (Fsp3) is 0.407. The lowest BCUT2D eigenvalue weighted by molar-refractivity contribution is -0.132. The van der Waals surface area contributed by atoms with Gasteiger partial charge in [0.1, 0.15) is 5.54 Å². The summed E-state index contributed by atoms with van der Waals surface area (Å²) in [4.78, 5) is 43.4. The molecule has 0 radical (unpaired) electrons. The zero-order valence-electron chi connectivity index (χ0n) is 21.0. The number of benzene rings is 2. The van der Waals surface area contributed by atoms with Gasteiger partial charge in [0, 0.05) is 31.7 Å². The van der Waals surface area contributed by atoms with Crippen LogP contribution in [0.15, 0.2) is 54.6 Å². The molecule has 36 heavy (non-hydrogen) atoms. The molecule has 0 saturated carbocycles. The second-order valence-corrected chi connectivity index (χ2v) is 9.68. The first kappa shape index (κ1) is 25.2. The summed E-state index contributed by atoms with van der Waals surface area (Å²) in [6.45, 7) is 5.99. The van der Waals surface area contributed by atoms with Gasteiger partial charge in [-0.25, -0.2) is 4.79 Å². The largest absolute Gasteiger partial charge is 0.453 e. The summed E-state index contributed by atoms with van der Waals surface area (Å²) in [6.07, 6.45) is 0.171. The zero-order valence-corrected chi connectivity index (χ0v) is 21.0. The van der Waals surface area contributed by atoms with Gasteiger partial charge >= 0.3 is 6.09 Å². The summed E-state index contributed by atoms with van der Waals surface area (Å²) in [5.41, 5.74) is 1.13. The molecule has 0 spiro atoms. The standard InChI is InChI=1S/C27H33N5O4/c1-19(2)17-27(22-10-5-4-6-11-22)24(34)32(25(28)29-27)18-20-8-7-9-21(16-20)23(33)30-12-14-31(15-13-30)26(35)36-3/h4-11,16,19H,12-15,17-18H2,1-3H3,(H2,28,29). The van der Waals surface area contributed by atoms with Crippen molar-refractivity contribution >= 4 is 23.9 Å². The highest BCUT2D eigenvalue weighted by atomic mass is 16.5. The minimum absolute atomic E-state index is 0.0557. The molecule has 2 N–H and O–H groups in total. The van der Waals surface area contributed by atoms with E-state index in [2.05, 4.69) is 19.2 Å². The molecule has 2 saturated heterocycles. The van der Waals surface area contributed by atoms with E-state index in [1.165, 1.54) is 12.0 Å². The lowest BCUT2D eigenvalue weighted by Gasteiger charge is -2.34. The van der Waals surface area contributed by atoms with Gasteiger partial charge in [0.25, 0.3) is 11.8 Å². The van der Waals surface area contributed by atoms with Crippen molar-refractivity contribution < 1.29 is 19.1 Å². The molecule has 9 heteroatoms. The van der Waals surface area contributed by atoms with Gasteiger partial charge in [0.2, 0.25) is 0 Å². The molecule has 2 aliphatic heterocycles. The van der Waals surface area contributed by atoms with Gasteiger partial charge in [-0.3, -0.25) is 19.9 Å². The van der Waals surface area contributed by atoms with Gasteiger partial charge in [-0.15, -0.1) is 0 Å². The summed E-state index contributed by atoms with van der Waals surface area (Å²) >= 11 is 0. The van der Waals surface area contributed by atoms with Gasteiger partial charge in [0.05, 0.1) is 13.7 Å². The minimum atomic E-state index is -0.987. The van der Waals surface area contributed by atoms with E-state index in [1.807, 2.05) is 36.4 Å². The van der Waals surface area contributed by atoms with Crippen molar-refractivity contribution in [2.24, 2.45) is 5.92 Å². The van der Waals surface area contributed by atoms with Crippen molar-refractivity contribution in [2.45, 2.75) is 32.4 Å². The fourth-order valence-corrected chi connectivity index (χ4v) is 4.98. The third-order valence-corrected chi connectivity index (χ3v) is 6.71. The van der Waals surface area contributed by atoms with E-state index in [9.17, 15) is 14.4 Å². The quantitative estimate of drug-likeness (QED) is 0.646. The van der Waals surface area contributed by atoms with Crippen molar-refractivity contribution in [3.8, 4) is 0 Å². The van der Waals surface area contributed by atoms with Crippen LogP contribution in [0.3, 0.4) is 0 Å². The number of hydrogen-bond acceptors (Lipinski definition) is 5. The van der Waals surface area contributed by atoms with Gasteiger partial charge in [-0.1, -0.05) is 56.3 Å². The number of ether oxygens (including phenoxy) is 1. The first-order chi connectivity index (χ1) is 17.2. The molecule has 0 aliphatic carbocycles. The van der Waals surface area contributed by atoms with Crippen LogP contribution in [0.1, 0.15) is 41.8 Å². The smallest absolute Gasteiger partial charge is 0.409 e. The highest BCUT2D eigenvalue weighted by Crippen LogP contribution is 2.35. The molecular formula is C27H33N5O4. The van der Waals surface area contributed by atoms with Crippen molar-refractivity contribution in [3.63, 3.8) is 0 Å². The van der Waals surface area contributed by atoms with Crippen LogP contribution in [-0.2, 0) is 21.6 Å². The molecule has 2 aromatic carbocycles. The van der Waals surface area contributed by atoms with Crippen molar-refractivity contribution in [1.82, 2.24) is 20.0 Å². The number of hydrogen-bond donors (Lipinski definition) is 2. The monoisotopic (exact) mass is 491 g/mol. The predicted octanol–water partition coefficient (Wildman–Crippen LogP) is 3.02. The third-order valence-electron chi connectivity index (χ3n) is 6.71. The van der Waals surface area contributed by atoms with E-state index in [0.717, 1.165) is 11.1 Å². The molecule has 2 aliphatic rings. The van der Waals surface area contributed by atoms with Crippen LogP contribution in [0.5, 0.6) is 0 Å². The average molecular weight is 492 g/mol. The molecule has 2 heterocycles. The normalized spacial score (nSPS) is 20.1. The molecule has 1 unspecified atom stereocenters. The van der Waals surface area contributed by atoms with Crippen LogP contribution in [0.25, 0.3) is 0 Å². The molecule has 9 nitrogen and oxygen atoms in total. The molecule has 2 fully saturated rings. The summed E-state index contributed by atoms with van der Waals surface area (Å²) in [5, 5.41) is 11.8. The molecule has 1 atom stereocenters. The zero-order chi connectivity index (χ0) is 25.9. The van der Waals surface area contributed by atoms with Crippen LogP contribution < -0.4 is 5.32 Å². The Bertz CT molecular complexity index is 1140. The summed E-state index contributed by atoms with van der Waals surface area (Å²) in [6, 6.07) is 16.7. The number of methoxy groups -OCH3 is 1. The maximum absolute atomic E-state index is 13.8. The first-order valence-corrected chi connectivity index (χ1v) is 12.2. The maximum Gasteiger partial charge on any atom is 0.409 e. The topological polar surface area (TPSA) is 106 Å². The highest BCUT2D eigenvalue weighted by molar-refractivity contribution is 6.08. The van der Waals surface area contributed by atoms with Crippen LogP contribution in [0.2, 0.25) is 0 Å². The van der Waals surface area contributed by atoms with E-state index in [0.29, 0.717) is 38.2 Å². The second kappa shape index (κ2) is 10.4. The number of amides is 3. The Kier molecular flexibility index (Phi) is 7.28. The lowest BCUT2D eigenvalue weighted by Crippen LogP contribution is -2.50. The summed E-state index contributed by atoms with van der Waals surface area (Å²) in [5.74, 6) is -0.000937. The predicted molar refractivity (Wildman–Crippen MR) is 135 cm³/mol. The molecule has 0 bridgehead atoms. The van der Waals surface area contributed by atoms with E-state index < -0.39 is 5.54 Å². The van der Waals surface area contributed by atoms with E-state index >= 15 is 0 Å². The summed E-state index contributed by atoms with van der Waals surface area (Å²) in [7, 11) is 1.35. The Labute approximate surface area is 211 Å². The Morgan fingerprint density at radius 1 is 1.03 bits per heavy atom. The van der Waals surface area contributed by atoms with Crippen LogP contribution in [0.4, 0.5) is 4.79 Å². The number of nitrogens with zero attached hydrogens (tertiary/aromatic N) is 3. The number of carbonyl (C=O) groups is 3. The average Bonchev–Trinajstić information content (AvgIpc) is 3.13. The van der Waals surface area contributed by atoms with Crippen molar-refractivity contribution in [1.29, 1.82) is 5.41 Å². The molecule has 190 valence electrons. The van der Waals surface area contributed by atoms with E-state index in [1.54, 1.807) is 28.0 Å². The first-order valence-electron chi connectivity index (χ1n) is 12.2. The number of rotatable bonds is 6. The van der Waals surface area contributed by atoms with E-state index in [-0.39, 0.29) is 36.3 Å². The number of nitrogens with one attached hydrogen (secondary N) is 2. The molecular weight excluding hydrogens is 458 g/mol. The van der Waals surface area contributed by atoms with Gasteiger partial charge in [0.15, 0.2) is 5.96 Å². The third kappa shape index (κ3) is 4.91. The fourth-order valence-electron chi connectivity index (χ4n) is 4.98. The van der Waals surface area contributed by atoms with Crippen LogP contribution in [-0.4, -0.2) is 71.9 Å². The molecule has 4 rings (SSSR count). The van der Waals surface area contributed by atoms with Crippen molar-refractivity contribution in [3.05, 3.63) is 71.3 Å². The Morgan fingerprint density at radius 3 is 2.33 bits per heavy atom. The molecule has 2 aromatic rings. The number of guanidine groups is 1. The molecule has 3 amide bonds. The Morgan fingerprint density at radius 2 is 1.69 bits per heavy atom. The Hall–Kier alpha value is -3.88. The number of piperazine rings is 1. The molecule has 0 aromatic heterocycles. The van der Waals surface area contributed by atoms with Crippen molar-refractivity contribution in [2.75, 3.05) is 33.3 Å². The van der Waals surface area contributed by atoms with Gasteiger partial charge < -0.3 is 19.9 Å². The van der Waals surface area contributed by atoms with Gasteiger partial charge in [-0.05, 0) is 35.6 Å². The summed E-state index contributed by atoms with van der Waals surface area (Å²) < 4.78 is 4.76.